The number of thiophene rings is 1. The number of amides is 2. The largest absolute Gasteiger partial charge is 0.478 e. The molecule has 1 aliphatic rings. The van der Waals surface area contributed by atoms with Crippen LogP contribution in [0.3, 0.4) is 0 Å². The molecule has 0 spiro atoms. The highest BCUT2D eigenvalue weighted by Gasteiger charge is 2.28. The molecule has 8 heteroatoms. The second kappa shape index (κ2) is 7.74. The molecule has 2 amide bonds. The van der Waals surface area contributed by atoms with Crippen molar-refractivity contribution in [1.29, 1.82) is 0 Å². The Morgan fingerprint density at radius 1 is 1.35 bits per heavy atom. The van der Waals surface area contributed by atoms with Gasteiger partial charge in [0.05, 0.1) is 0 Å². The molecule has 1 aliphatic heterocycles. The van der Waals surface area contributed by atoms with Crippen molar-refractivity contribution in [3.05, 3.63) is 45.5 Å². The maximum atomic E-state index is 12.6. The molecule has 0 unspecified atom stereocenters. The molecule has 0 saturated carbocycles. The zero-order valence-electron chi connectivity index (χ0n) is 14.4. The Bertz CT molecular complexity index is 804. The summed E-state index contributed by atoms with van der Waals surface area (Å²) in [6.45, 7) is 2.75. The van der Waals surface area contributed by atoms with Crippen molar-refractivity contribution < 1.29 is 23.9 Å². The number of carbonyl (C=O) groups is 3. The van der Waals surface area contributed by atoms with Gasteiger partial charge in [0.25, 0.3) is 11.8 Å². The number of hydrogen-bond acceptors (Lipinski definition) is 5. The second-order valence-electron chi connectivity index (χ2n) is 6.16. The maximum Gasteiger partial charge on any atom is 0.339 e. The van der Waals surface area contributed by atoms with Crippen LogP contribution in [0.4, 0.5) is 0 Å². The van der Waals surface area contributed by atoms with Gasteiger partial charge in [0.2, 0.25) is 0 Å². The van der Waals surface area contributed by atoms with Crippen molar-refractivity contribution in [3.8, 4) is 0 Å². The molecule has 138 valence electrons. The normalized spacial score (nSPS) is 15.0. The fourth-order valence-electron chi connectivity index (χ4n) is 3.02. The first-order chi connectivity index (χ1) is 12.5. The summed E-state index contributed by atoms with van der Waals surface area (Å²) in [4.78, 5) is 37.5. The molecule has 26 heavy (non-hydrogen) atoms. The zero-order valence-corrected chi connectivity index (χ0v) is 15.2. The van der Waals surface area contributed by atoms with E-state index >= 15 is 0 Å². The number of nitrogens with one attached hydrogen (secondary N) is 1. The van der Waals surface area contributed by atoms with Crippen molar-refractivity contribution in [2.24, 2.45) is 0 Å². The van der Waals surface area contributed by atoms with Crippen LogP contribution in [0.2, 0.25) is 0 Å². The first-order valence-electron chi connectivity index (χ1n) is 8.48. The van der Waals surface area contributed by atoms with Gasteiger partial charge in [-0.1, -0.05) is 6.92 Å². The van der Waals surface area contributed by atoms with E-state index in [1.807, 2.05) is 5.38 Å². The number of aromatic carboxylic acids is 1. The molecule has 3 rings (SSSR count). The monoisotopic (exact) mass is 376 g/mol. The van der Waals surface area contributed by atoms with Crippen LogP contribution in [0.5, 0.6) is 0 Å². The van der Waals surface area contributed by atoms with Crippen LogP contribution in [-0.2, 0) is 6.42 Å². The third kappa shape index (κ3) is 3.80. The number of carbonyl (C=O) groups excluding carboxylic acids is 2. The van der Waals surface area contributed by atoms with Crippen molar-refractivity contribution in [1.82, 2.24) is 10.2 Å². The van der Waals surface area contributed by atoms with Crippen LogP contribution in [0.1, 0.15) is 56.8 Å². The maximum absolute atomic E-state index is 12.6. The predicted molar refractivity (Wildman–Crippen MR) is 95.8 cm³/mol. The summed E-state index contributed by atoms with van der Waals surface area (Å²) in [7, 11) is 0. The molecule has 0 atom stereocenters. The third-order valence-electron chi connectivity index (χ3n) is 4.47. The van der Waals surface area contributed by atoms with E-state index in [1.165, 1.54) is 17.4 Å². The summed E-state index contributed by atoms with van der Waals surface area (Å²) in [6, 6.07) is 3.10. The summed E-state index contributed by atoms with van der Waals surface area (Å²) in [6.07, 6.45) is 1.70. The van der Waals surface area contributed by atoms with Gasteiger partial charge in [0.1, 0.15) is 11.3 Å². The minimum atomic E-state index is -1.10. The molecule has 0 bridgehead atoms. The fraction of sp³-hybridized carbons (Fsp3) is 0.389. The van der Waals surface area contributed by atoms with Crippen LogP contribution < -0.4 is 5.32 Å². The van der Waals surface area contributed by atoms with E-state index in [2.05, 4.69) is 5.32 Å². The predicted octanol–water partition coefficient (Wildman–Crippen LogP) is 2.64. The van der Waals surface area contributed by atoms with Gasteiger partial charge in [-0.3, -0.25) is 9.59 Å². The van der Waals surface area contributed by atoms with Gasteiger partial charge in [0, 0.05) is 42.6 Å². The number of aryl methyl sites for hydroxylation is 1. The SMILES string of the molecule is CCc1oc(C(=O)N2CCC(NC(=O)c3ccsc3)CC2)cc1C(=O)O. The summed E-state index contributed by atoms with van der Waals surface area (Å²) in [5.41, 5.74) is 0.686. The lowest BCUT2D eigenvalue weighted by atomic mass is 10.0. The van der Waals surface area contributed by atoms with Gasteiger partial charge < -0.3 is 19.7 Å². The lowest BCUT2D eigenvalue weighted by Gasteiger charge is -2.31. The molecular weight excluding hydrogens is 356 g/mol. The zero-order chi connectivity index (χ0) is 18.7. The minimum Gasteiger partial charge on any atom is -0.478 e. The highest BCUT2D eigenvalue weighted by molar-refractivity contribution is 7.08. The van der Waals surface area contributed by atoms with Gasteiger partial charge in [-0.15, -0.1) is 0 Å². The number of piperidine rings is 1. The Hall–Kier alpha value is -2.61. The number of likely N-dealkylation sites (tertiary alicyclic amines) is 1. The van der Waals surface area contributed by atoms with E-state index in [9.17, 15) is 19.5 Å². The Morgan fingerprint density at radius 2 is 2.08 bits per heavy atom. The molecule has 2 aromatic heterocycles. The molecule has 7 nitrogen and oxygen atoms in total. The number of carboxylic acids is 1. The van der Waals surface area contributed by atoms with Crippen molar-refractivity contribution in [2.45, 2.75) is 32.2 Å². The topological polar surface area (TPSA) is 99.9 Å². The van der Waals surface area contributed by atoms with Crippen LogP contribution >= 0.6 is 11.3 Å². The standard InChI is InChI=1S/C18H20N2O5S/c1-2-14-13(18(23)24)9-15(25-14)17(22)20-6-3-12(4-7-20)19-16(21)11-5-8-26-10-11/h5,8-10,12H,2-4,6-7H2,1H3,(H,19,21)(H,23,24). The number of hydrogen-bond donors (Lipinski definition) is 2. The highest BCUT2D eigenvalue weighted by atomic mass is 32.1. The Labute approximate surface area is 154 Å². The Balaban J connectivity index is 1.58. The fourth-order valence-corrected chi connectivity index (χ4v) is 3.66. The average molecular weight is 376 g/mol. The van der Waals surface area contributed by atoms with E-state index in [1.54, 1.807) is 23.3 Å². The number of furan rings is 1. The average Bonchev–Trinajstić information content (AvgIpc) is 3.31. The quantitative estimate of drug-likeness (QED) is 0.836. The second-order valence-corrected chi connectivity index (χ2v) is 6.94. The molecule has 0 radical (unpaired) electrons. The molecule has 0 aromatic carbocycles. The van der Waals surface area contributed by atoms with Crippen molar-refractivity contribution in [2.75, 3.05) is 13.1 Å². The van der Waals surface area contributed by atoms with Crippen LogP contribution in [-0.4, -0.2) is 46.9 Å². The van der Waals surface area contributed by atoms with Crippen LogP contribution in [0.15, 0.2) is 27.3 Å². The summed E-state index contributed by atoms with van der Waals surface area (Å²) >= 11 is 1.47. The number of carboxylic acid groups (broad SMARTS) is 1. The molecular formula is C18H20N2O5S. The molecule has 3 heterocycles. The summed E-state index contributed by atoms with van der Waals surface area (Å²) < 4.78 is 5.44. The van der Waals surface area contributed by atoms with E-state index in [4.69, 9.17) is 4.42 Å². The smallest absolute Gasteiger partial charge is 0.339 e. The van der Waals surface area contributed by atoms with Crippen molar-refractivity contribution >= 4 is 29.1 Å². The first kappa shape index (κ1) is 18.2. The highest BCUT2D eigenvalue weighted by Crippen LogP contribution is 2.20. The summed E-state index contributed by atoms with van der Waals surface area (Å²) in [5.74, 6) is -1.14. The van der Waals surface area contributed by atoms with E-state index in [0.29, 0.717) is 43.7 Å². The summed E-state index contributed by atoms with van der Waals surface area (Å²) in [5, 5.41) is 15.8. The molecule has 0 aliphatic carbocycles. The van der Waals surface area contributed by atoms with E-state index < -0.39 is 5.97 Å². The van der Waals surface area contributed by atoms with Crippen LogP contribution in [0.25, 0.3) is 0 Å². The Kier molecular flexibility index (Phi) is 5.41. The molecule has 2 aromatic rings. The van der Waals surface area contributed by atoms with E-state index in [-0.39, 0.29) is 29.2 Å². The van der Waals surface area contributed by atoms with Gasteiger partial charge in [0.15, 0.2) is 5.76 Å². The number of rotatable bonds is 5. The Morgan fingerprint density at radius 3 is 2.62 bits per heavy atom. The molecule has 1 saturated heterocycles. The van der Waals surface area contributed by atoms with Crippen LogP contribution in [0, 0.1) is 0 Å². The first-order valence-corrected chi connectivity index (χ1v) is 9.42. The van der Waals surface area contributed by atoms with E-state index in [0.717, 1.165) is 0 Å². The van der Waals surface area contributed by atoms with Gasteiger partial charge in [-0.05, 0) is 24.3 Å². The minimum absolute atomic E-state index is 0.0174. The molecule has 2 N–H and O–H groups in total. The lowest BCUT2D eigenvalue weighted by molar-refractivity contribution is 0.0661. The molecule has 1 fully saturated rings. The lowest BCUT2D eigenvalue weighted by Crippen LogP contribution is -2.46. The van der Waals surface area contributed by atoms with Gasteiger partial charge in [-0.2, -0.15) is 11.3 Å². The van der Waals surface area contributed by atoms with Gasteiger partial charge in [-0.25, -0.2) is 4.79 Å². The van der Waals surface area contributed by atoms with Gasteiger partial charge >= 0.3 is 5.97 Å². The third-order valence-corrected chi connectivity index (χ3v) is 5.16. The number of nitrogens with zero attached hydrogens (tertiary/aromatic N) is 1. The van der Waals surface area contributed by atoms with Crippen molar-refractivity contribution in [3.63, 3.8) is 0 Å².